The lowest BCUT2D eigenvalue weighted by Gasteiger charge is -2.12. The van der Waals surface area contributed by atoms with Crippen LogP contribution >= 0.6 is 11.3 Å². The van der Waals surface area contributed by atoms with Crippen LogP contribution in [0.2, 0.25) is 0 Å². The van der Waals surface area contributed by atoms with E-state index in [0.29, 0.717) is 28.1 Å². The maximum Gasteiger partial charge on any atom is 0.287 e. The minimum absolute atomic E-state index is 0.0462. The molecule has 3 N–H and O–H groups in total. The molecule has 0 radical (unpaired) electrons. The molecule has 2 unspecified atom stereocenters. The molecule has 1 amide bonds. The molecule has 2 heterocycles. The standard InChI is InChI=1S/C23H28N4O6S2/c1-32-18-5-3-4-14(9-18)10-24-22(29)20-25-21(28)19-16(13-34-23(19)26-20)12-33-11-15-6-7-17(8-15)27-35(2,30)31/h3-5,9,13,15,17,27H,6-8,10-12H2,1-2H3,(H,24,29)(H,25,26,28). The van der Waals surface area contributed by atoms with Crippen molar-refractivity contribution in [2.45, 2.75) is 38.5 Å². The topological polar surface area (TPSA) is 139 Å². The first kappa shape index (κ1) is 25.3. The predicted molar refractivity (Wildman–Crippen MR) is 133 cm³/mol. The van der Waals surface area contributed by atoms with Crippen molar-refractivity contribution in [3.05, 3.63) is 57.0 Å². The van der Waals surface area contributed by atoms with Gasteiger partial charge in [-0.2, -0.15) is 0 Å². The Morgan fingerprint density at radius 2 is 2.14 bits per heavy atom. The number of ether oxygens (including phenoxy) is 2. The van der Waals surface area contributed by atoms with Gasteiger partial charge in [-0.1, -0.05) is 12.1 Å². The van der Waals surface area contributed by atoms with Crippen molar-refractivity contribution in [2.24, 2.45) is 5.92 Å². The van der Waals surface area contributed by atoms with Crippen LogP contribution in [-0.4, -0.2) is 50.3 Å². The first-order valence-electron chi connectivity index (χ1n) is 11.2. The number of nitrogens with zero attached hydrogens (tertiary/aromatic N) is 1. The Morgan fingerprint density at radius 3 is 2.91 bits per heavy atom. The van der Waals surface area contributed by atoms with Crippen LogP contribution in [0.1, 0.15) is 41.0 Å². The maximum atomic E-state index is 12.7. The van der Waals surface area contributed by atoms with Crippen LogP contribution in [0.25, 0.3) is 10.2 Å². The molecule has 0 spiro atoms. The number of sulfonamides is 1. The average molecular weight is 521 g/mol. The molecule has 12 heteroatoms. The Morgan fingerprint density at radius 1 is 1.31 bits per heavy atom. The lowest BCUT2D eigenvalue weighted by molar-refractivity contribution is 0.0892. The number of hydrogen-bond donors (Lipinski definition) is 3. The second kappa shape index (κ2) is 10.9. The highest BCUT2D eigenvalue weighted by atomic mass is 32.2. The number of H-pyrrole nitrogens is 1. The van der Waals surface area contributed by atoms with Gasteiger partial charge >= 0.3 is 0 Å². The number of rotatable bonds is 10. The molecule has 3 aromatic rings. The number of amides is 1. The van der Waals surface area contributed by atoms with E-state index >= 15 is 0 Å². The number of nitrogens with one attached hydrogen (secondary N) is 3. The number of aromatic nitrogens is 2. The predicted octanol–water partition coefficient (Wildman–Crippen LogP) is 2.16. The van der Waals surface area contributed by atoms with Crippen LogP contribution in [-0.2, 0) is 27.9 Å². The fraction of sp³-hybridized carbons (Fsp3) is 0.435. The fourth-order valence-electron chi connectivity index (χ4n) is 4.24. The van der Waals surface area contributed by atoms with Crippen LogP contribution in [0, 0.1) is 5.92 Å². The molecule has 1 aromatic carbocycles. The molecule has 10 nitrogen and oxygen atoms in total. The van der Waals surface area contributed by atoms with E-state index < -0.39 is 15.9 Å². The van der Waals surface area contributed by atoms with Crippen molar-refractivity contribution in [1.82, 2.24) is 20.0 Å². The van der Waals surface area contributed by atoms with E-state index in [0.717, 1.165) is 24.8 Å². The maximum absolute atomic E-state index is 12.7. The summed E-state index contributed by atoms with van der Waals surface area (Å²) in [4.78, 5) is 32.7. The number of fused-ring (bicyclic) bond motifs is 1. The normalized spacial score (nSPS) is 18.1. The third kappa shape index (κ3) is 6.66. The molecular formula is C23H28N4O6S2. The van der Waals surface area contributed by atoms with E-state index in [-0.39, 0.29) is 36.5 Å². The lowest BCUT2D eigenvalue weighted by Crippen LogP contribution is -2.32. The molecule has 1 fully saturated rings. The van der Waals surface area contributed by atoms with Gasteiger partial charge in [-0.25, -0.2) is 18.1 Å². The summed E-state index contributed by atoms with van der Waals surface area (Å²) in [5.74, 6) is 0.429. The van der Waals surface area contributed by atoms with E-state index in [1.165, 1.54) is 17.6 Å². The molecule has 1 aliphatic rings. The summed E-state index contributed by atoms with van der Waals surface area (Å²) in [6, 6.07) is 7.28. The van der Waals surface area contributed by atoms with Gasteiger partial charge in [0, 0.05) is 24.8 Å². The van der Waals surface area contributed by atoms with Crippen LogP contribution in [0.3, 0.4) is 0 Å². The highest BCUT2D eigenvalue weighted by molar-refractivity contribution is 7.88. The van der Waals surface area contributed by atoms with Gasteiger partial charge in [0.05, 0.1) is 25.4 Å². The number of thiophene rings is 1. The monoisotopic (exact) mass is 520 g/mol. The Labute approximate surface area is 207 Å². The van der Waals surface area contributed by atoms with Crippen molar-refractivity contribution < 1.29 is 22.7 Å². The first-order valence-corrected chi connectivity index (χ1v) is 14.0. The lowest BCUT2D eigenvalue weighted by atomic mass is 10.1. The van der Waals surface area contributed by atoms with Gasteiger partial charge in [0.1, 0.15) is 10.6 Å². The van der Waals surface area contributed by atoms with Gasteiger partial charge in [-0.3, -0.25) is 9.59 Å². The molecule has 0 aliphatic heterocycles. The Kier molecular flexibility index (Phi) is 7.85. The molecule has 0 bridgehead atoms. The zero-order valence-corrected chi connectivity index (χ0v) is 21.1. The summed E-state index contributed by atoms with van der Waals surface area (Å²) in [5, 5.41) is 4.99. The van der Waals surface area contributed by atoms with Gasteiger partial charge in [0.15, 0.2) is 0 Å². The van der Waals surface area contributed by atoms with Gasteiger partial charge < -0.3 is 19.8 Å². The third-order valence-corrected chi connectivity index (χ3v) is 7.54. The van der Waals surface area contributed by atoms with Gasteiger partial charge in [-0.05, 0) is 48.3 Å². The summed E-state index contributed by atoms with van der Waals surface area (Å²) in [7, 11) is -1.64. The molecule has 4 rings (SSSR count). The van der Waals surface area contributed by atoms with Crippen LogP contribution < -0.4 is 20.3 Å². The van der Waals surface area contributed by atoms with E-state index in [9.17, 15) is 18.0 Å². The smallest absolute Gasteiger partial charge is 0.287 e. The Hall–Kier alpha value is -2.80. The molecule has 2 atom stereocenters. The van der Waals surface area contributed by atoms with Crippen molar-refractivity contribution in [2.75, 3.05) is 20.0 Å². The first-order chi connectivity index (χ1) is 16.7. The van der Waals surface area contributed by atoms with Crippen molar-refractivity contribution in [1.29, 1.82) is 0 Å². The molecule has 0 saturated heterocycles. The molecule has 2 aromatic heterocycles. The second-order valence-corrected chi connectivity index (χ2v) is 11.3. The zero-order chi connectivity index (χ0) is 25.0. The van der Waals surface area contributed by atoms with E-state index in [1.54, 1.807) is 7.11 Å². The summed E-state index contributed by atoms with van der Waals surface area (Å²) in [6.45, 7) is 0.991. The summed E-state index contributed by atoms with van der Waals surface area (Å²) in [6.07, 6.45) is 3.57. The number of carbonyl (C=O) groups excluding carboxylic acids is 1. The largest absolute Gasteiger partial charge is 0.497 e. The fourth-order valence-corrected chi connectivity index (χ4v) is 5.99. The summed E-state index contributed by atoms with van der Waals surface area (Å²) >= 11 is 1.28. The Bertz CT molecular complexity index is 1370. The highest BCUT2D eigenvalue weighted by Gasteiger charge is 2.27. The summed E-state index contributed by atoms with van der Waals surface area (Å²) in [5.41, 5.74) is 1.18. The molecule has 35 heavy (non-hydrogen) atoms. The number of hydrogen-bond acceptors (Lipinski definition) is 8. The van der Waals surface area contributed by atoms with Crippen molar-refractivity contribution in [3.63, 3.8) is 0 Å². The highest BCUT2D eigenvalue weighted by Crippen LogP contribution is 2.27. The van der Waals surface area contributed by atoms with Crippen molar-refractivity contribution in [3.8, 4) is 5.75 Å². The van der Waals surface area contributed by atoms with Crippen molar-refractivity contribution >= 4 is 37.5 Å². The van der Waals surface area contributed by atoms with Gasteiger partial charge in [0.2, 0.25) is 15.8 Å². The zero-order valence-electron chi connectivity index (χ0n) is 19.5. The van der Waals surface area contributed by atoms with Crippen LogP contribution in [0.5, 0.6) is 5.75 Å². The minimum Gasteiger partial charge on any atom is -0.497 e. The van der Waals surface area contributed by atoms with E-state index in [1.807, 2.05) is 29.6 Å². The van der Waals surface area contributed by atoms with E-state index in [4.69, 9.17) is 9.47 Å². The third-order valence-electron chi connectivity index (χ3n) is 5.86. The minimum atomic E-state index is -3.21. The molecular weight excluding hydrogens is 492 g/mol. The van der Waals surface area contributed by atoms with Crippen LogP contribution in [0.4, 0.5) is 0 Å². The van der Waals surface area contributed by atoms with E-state index in [2.05, 4.69) is 20.0 Å². The molecule has 1 saturated carbocycles. The number of benzene rings is 1. The number of methoxy groups -OCH3 is 1. The quantitative estimate of drug-likeness (QED) is 0.372. The number of carbonyl (C=O) groups is 1. The average Bonchev–Trinajstić information content (AvgIpc) is 3.43. The molecule has 188 valence electrons. The summed E-state index contributed by atoms with van der Waals surface area (Å²) < 4.78 is 36.5. The Balaban J connectivity index is 1.34. The second-order valence-electron chi connectivity index (χ2n) is 8.67. The molecule has 1 aliphatic carbocycles. The van der Waals surface area contributed by atoms with Gasteiger partial charge in [0.25, 0.3) is 11.5 Å². The van der Waals surface area contributed by atoms with Crippen LogP contribution in [0.15, 0.2) is 34.4 Å². The van der Waals surface area contributed by atoms with Gasteiger partial charge in [-0.15, -0.1) is 11.3 Å². The number of aromatic amines is 1. The SMILES string of the molecule is COc1cccc(CNC(=O)c2nc3scc(COCC4CCC(NS(C)(=O)=O)C4)c3c(=O)[nH]2)c1.